The van der Waals surface area contributed by atoms with Gasteiger partial charge in [-0.2, -0.15) is 0 Å². The first-order valence-electron chi connectivity index (χ1n) is 7.65. The van der Waals surface area contributed by atoms with E-state index in [0.717, 1.165) is 18.4 Å². The number of thiazole rings is 1. The second-order valence-electron chi connectivity index (χ2n) is 5.45. The molecular weight excluding hydrogens is 292 g/mol. The molecule has 0 aliphatic heterocycles. The molecule has 0 unspecified atom stereocenters. The van der Waals surface area contributed by atoms with E-state index in [-0.39, 0.29) is 5.91 Å². The van der Waals surface area contributed by atoms with Gasteiger partial charge in [0.25, 0.3) is 5.91 Å². The molecule has 3 nitrogen and oxygen atoms in total. The van der Waals surface area contributed by atoms with Crippen molar-refractivity contribution in [2.75, 3.05) is 0 Å². The van der Waals surface area contributed by atoms with Gasteiger partial charge >= 0.3 is 0 Å². The van der Waals surface area contributed by atoms with Crippen LogP contribution in [0.5, 0.6) is 0 Å². The van der Waals surface area contributed by atoms with Crippen molar-refractivity contribution in [3.8, 4) is 11.8 Å². The molecule has 1 heterocycles. The first kappa shape index (κ1) is 14.8. The molecule has 1 aliphatic carbocycles. The summed E-state index contributed by atoms with van der Waals surface area (Å²) in [7, 11) is 0. The van der Waals surface area contributed by atoms with Gasteiger partial charge in [-0.3, -0.25) is 4.79 Å². The van der Waals surface area contributed by atoms with Gasteiger partial charge in [0.05, 0.1) is 6.20 Å². The number of hydrogen-bond acceptors (Lipinski definition) is 3. The van der Waals surface area contributed by atoms with E-state index in [1.807, 2.05) is 30.3 Å². The Morgan fingerprint density at radius 3 is 2.68 bits per heavy atom. The number of aromatic nitrogens is 1. The molecule has 1 fully saturated rings. The van der Waals surface area contributed by atoms with Gasteiger partial charge in [-0.15, -0.1) is 11.3 Å². The zero-order valence-electron chi connectivity index (χ0n) is 12.3. The van der Waals surface area contributed by atoms with Crippen LogP contribution in [0, 0.1) is 11.8 Å². The van der Waals surface area contributed by atoms with E-state index in [0.29, 0.717) is 15.9 Å². The van der Waals surface area contributed by atoms with Gasteiger partial charge in [-0.05, 0) is 30.9 Å². The fourth-order valence-corrected chi connectivity index (χ4v) is 3.26. The second-order valence-corrected chi connectivity index (χ2v) is 6.48. The van der Waals surface area contributed by atoms with Crippen LogP contribution in [0.4, 0.5) is 0 Å². The van der Waals surface area contributed by atoms with Gasteiger partial charge in [0.15, 0.2) is 5.01 Å². The number of rotatable bonds is 2. The smallest absolute Gasteiger partial charge is 0.263 e. The lowest BCUT2D eigenvalue weighted by Crippen LogP contribution is -2.35. The summed E-state index contributed by atoms with van der Waals surface area (Å²) in [6, 6.07) is 10.1. The number of benzene rings is 1. The molecule has 0 saturated heterocycles. The third-order valence-corrected chi connectivity index (χ3v) is 4.67. The zero-order valence-corrected chi connectivity index (χ0v) is 13.2. The van der Waals surface area contributed by atoms with Crippen LogP contribution in [0.25, 0.3) is 0 Å². The molecule has 0 bridgehead atoms. The van der Waals surface area contributed by atoms with Crippen molar-refractivity contribution >= 4 is 17.2 Å². The third kappa shape index (κ3) is 3.96. The molecule has 1 amide bonds. The number of amides is 1. The molecule has 3 rings (SSSR count). The van der Waals surface area contributed by atoms with Crippen LogP contribution >= 0.6 is 11.3 Å². The highest BCUT2D eigenvalue weighted by Crippen LogP contribution is 2.19. The van der Waals surface area contributed by atoms with E-state index in [4.69, 9.17) is 0 Å². The molecule has 22 heavy (non-hydrogen) atoms. The largest absolute Gasteiger partial charge is 0.349 e. The molecule has 4 heteroatoms. The van der Waals surface area contributed by atoms with Gasteiger partial charge < -0.3 is 5.32 Å². The van der Waals surface area contributed by atoms with Crippen LogP contribution in [0.3, 0.4) is 0 Å². The van der Waals surface area contributed by atoms with Crippen molar-refractivity contribution in [1.29, 1.82) is 0 Å². The van der Waals surface area contributed by atoms with E-state index in [9.17, 15) is 4.79 Å². The summed E-state index contributed by atoms with van der Waals surface area (Å²) < 4.78 is 0. The van der Waals surface area contributed by atoms with Crippen LogP contribution in [0.1, 0.15) is 52.3 Å². The molecule has 1 N–H and O–H groups in total. The maximum atomic E-state index is 12.2. The van der Waals surface area contributed by atoms with E-state index in [1.54, 1.807) is 6.20 Å². The summed E-state index contributed by atoms with van der Waals surface area (Å²) in [6.45, 7) is 0. The first-order valence-corrected chi connectivity index (χ1v) is 8.47. The van der Waals surface area contributed by atoms with Gasteiger partial charge in [0.2, 0.25) is 0 Å². The Balaban J connectivity index is 1.63. The molecule has 1 aromatic heterocycles. The summed E-state index contributed by atoms with van der Waals surface area (Å²) in [5, 5.41) is 3.78. The lowest BCUT2D eigenvalue weighted by molar-refractivity contribution is 0.0931. The molecule has 2 aromatic rings. The summed E-state index contributed by atoms with van der Waals surface area (Å²) in [6.07, 6.45) is 7.50. The van der Waals surface area contributed by atoms with Crippen molar-refractivity contribution in [2.24, 2.45) is 0 Å². The lowest BCUT2D eigenvalue weighted by atomic mass is 9.95. The standard InChI is InChI=1S/C18H18N2OS/c21-18(20-15-9-5-2-6-10-15)16-13-19-17(22-16)12-11-14-7-3-1-4-8-14/h1,3-4,7-8,13,15H,2,5-6,9-10H2,(H,20,21). The molecule has 0 radical (unpaired) electrons. The minimum absolute atomic E-state index is 0.0165. The normalized spacial score (nSPS) is 14.9. The average molecular weight is 310 g/mol. The molecule has 1 aliphatic rings. The van der Waals surface area contributed by atoms with Crippen molar-refractivity contribution in [1.82, 2.24) is 10.3 Å². The molecule has 0 spiro atoms. The number of hydrogen-bond donors (Lipinski definition) is 1. The minimum atomic E-state index is -0.0165. The molecule has 0 atom stereocenters. The van der Waals surface area contributed by atoms with Crippen LogP contribution in [0.15, 0.2) is 36.5 Å². The summed E-state index contributed by atoms with van der Waals surface area (Å²) in [5.74, 6) is 6.06. The fourth-order valence-electron chi connectivity index (χ4n) is 2.59. The number of nitrogens with one attached hydrogen (secondary N) is 1. The topological polar surface area (TPSA) is 42.0 Å². The van der Waals surface area contributed by atoms with Crippen LogP contribution in [-0.4, -0.2) is 16.9 Å². The third-order valence-electron chi connectivity index (χ3n) is 3.76. The molecule has 1 saturated carbocycles. The Bertz CT molecular complexity index is 691. The molecular formula is C18H18N2OS. The van der Waals surface area contributed by atoms with E-state index < -0.39 is 0 Å². The highest BCUT2D eigenvalue weighted by Gasteiger charge is 2.17. The SMILES string of the molecule is O=C(NC1CCCCC1)c1cnc(C#Cc2ccccc2)s1. The first-order chi connectivity index (χ1) is 10.8. The number of carbonyl (C=O) groups excluding carboxylic acids is 1. The van der Waals surface area contributed by atoms with E-state index in [2.05, 4.69) is 22.1 Å². The lowest BCUT2D eigenvalue weighted by Gasteiger charge is -2.22. The summed E-state index contributed by atoms with van der Waals surface area (Å²) in [5.41, 5.74) is 0.950. The maximum Gasteiger partial charge on any atom is 0.263 e. The average Bonchev–Trinajstić information content (AvgIpc) is 3.04. The zero-order chi connectivity index (χ0) is 15.2. The monoisotopic (exact) mass is 310 g/mol. The van der Waals surface area contributed by atoms with Gasteiger partial charge in [-0.1, -0.05) is 43.4 Å². The Morgan fingerprint density at radius 1 is 1.14 bits per heavy atom. The van der Waals surface area contributed by atoms with Crippen molar-refractivity contribution in [2.45, 2.75) is 38.1 Å². The van der Waals surface area contributed by atoms with Crippen LogP contribution in [0.2, 0.25) is 0 Å². The van der Waals surface area contributed by atoms with Crippen LogP contribution in [-0.2, 0) is 0 Å². The van der Waals surface area contributed by atoms with Crippen LogP contribution < -0.4 is 5.32 Å². The predicted octanol–water partition coefficient (Wildman–Crippen LogP) is 3.61. The van der Waals surface area contributed by atoms with Gasteiger partial charge in [0, 0.05) is 11.6 Å². The van der Waals surface area contributed by atoms with Gasteiger partial charge in [-0.25, -0.2) is 4.98 Å². The molecule has 112 valence electrons. The summed E-state index contributed by atoms with van der Waals surface area (Å²) >= 11 is 1.35. The highest BCUT2D eigenvalue weighted by molar-refractivity contribution is 7.14. The van der Waals surface area contributed by atoms with Crippen molar-refractivity contribution in [3.63, 3.8) is 0 Å². The Kier molecular flexibility index (Phi) is 4.87. The quantitative estimate of drug-likeness (QED) is 0.861. The van der Waals surface area contributed by atoms with E-state index >= 15 is 0 Å². The number of nitrogens with zero attached hydrogens (tertiary/aromatic N) is 1. The van der Waals surface area contributed by atoms with E-state index in [1.165, 1.54) is 30.6 Å². The highest BCUT2D eigenvalue weighted by atomic mass is 32.1. The second kappa shape index (κ2) is 7.24. The fraction of sp³-hybridized carbons (Fsp3) is 0.333. The Morgan fingerprint density at radius 2 is 1.91 bits per heavy atom. The Hall–Kier alpha value is -2.12. The van der Waals surface area contributed by atoms with Gasteiger partial charge in [0.1, 0.15) is 4.88 Å². The van der Waals surface area contributed by atoms with Crippen molar-refractivity contribution < 1.29 is 4.79 Å². The van der Waals surface area contributed by atoms with Crippen molar-refractivity contribution in [3.05, 3.63) is 52.0 Å². The Labute approximate surface area is 134 Å². The summed E-state index contributed by atoms with van der Waals surface area (Å²) in [4.78, 5) is 17.1. The maximum absolute atomic E-state index is 12.2. The predicted molar refractivity (Wildman–Crippen MR) is 88.9 cm³/mol. The molecule has 1 aromatic carbocycles. The minimum Gasteiger partial charge on any atom is -0.349 e. The number of carbonyl (C=O) groups is 1.